The monoisotopic (exact) mass is 403 g/mol. The van der Waals surface area contributed by atoms with E-state index in [-0.39, 0.29) is 12.1 Å². The molecule has 0 amide bonds. The molecule has 1 heterocycles. The van der Waals surface area contributed by atoms with Crippen LogP contribution >= 0.6 is 0 Å². The van der Waals surface area contributed by atoms with Gasteiger partial charge < -0.3 is 10.2 Å². The summed E-state index contributed by atoms with van der Waals surface area (Å²) >= 11 is 0. The molecule has 0 spiro atoms. The molecule has 0 aliphatic carbocycles. The van der Waals surface area contributed by atoms with E-state index in [1.807, 2.05) is 71.0 Å². The zero-order valence-electron chi connectivity index (χ0n) is 18.7. The summed E-state index contributed by atoms with van der Waals surface area (Å²) < 4.78 is 0. The zero-order chi connectivity index (χ0) is 21.5. The number of nitrogens with one attached hydrogen (secondary N) is 1. The fraction of sp³-hybridized carbons (Fsp3) is 0.500. The minimum absolute atomic E-state index is 0.0263. The van der Waals surface area contributed by atoms with Crippen molar-refractivity contribution in [2.75, 3.05) is 13.2 Å². The molecule has 2 atom stereocenters. The molecule has 2 aromatic rings. The van der Waals surface area contributed by atoms with Gasteiger partial charge in [0, 0.05) is 12.6 Å². The second-order valence-corrected chi connectivity index (χ2v) is 6.49. The highest BCUT2D eigenvalue weighted by Crippen LogP contribution is 2.15. The van der Waals surface area contributed by atoms with E-state index in [0.29, 0.717) is 19.0 Å². The third-order valence-electron chi connectivity index (χ3n) is 4.18. The fourth-order valence-electron chi connectivity index (χ4n) is 2.64. The van der Waals surface area contributed by atoms with Gasteiger partial charge in [-0.05, 0) is 38.0 Å². The second kappa shape index (κ2) is 15.0. The fourth-order valence-corrected chi connectivity index (χ4v) is 2.64. The number of hydrogen-bond donors (Lipinski definition) is 1. The van der Waals surface area contributed by atoms with E-state index in [2.05, 4.69) is 24.4 Å². The average Bonchev–Trinajstić information content (AvgIpc) is 3.21. The first-order valence-electron chi connectivity index (χ1n) is 10.6. The maximum absolute atomic E-state index is 5.49. The Hall–Kier alpha value is -1.92. The van der Waals surface area contributed by atoms with Gasteiger partial charge in [0.15, 0.2) is 5.75 Å². The van der Waals surface area contributed by atoms with Crippen molar-refractivity contribution in [3.8, 4) is 5.75 Å². The van der Waals surface area contributed by atoms with Crippen LogP contribution in [0, 0.1) is 13.8 Å². The highest BCUT2D eigenvalue weighted by Gasteiger charge is 2.26. The Kier molecular flexibility index (Phi) is 13.0. The molecule has 1 aliphatic rings. The van der Waals surface area contributed by atoms with Crippen molar-refractivity contribution in [2.45, 2.75) is 66.7 Å². The predicted octanol–water partition coefficient (Wildman–Crippen LogP) is 5.55. The minimum Gasteiger partial charge on any atom is -0.338 e. The summed E-state index contributed by atoms with van der Waals surface area (Å²) in [6.07, 6.45) is 0.851. The number of benzene rings is 2. The Labute approximate surface area is 176 Å². The third kappa shape index (κ3) is 9.90. The van der Waals surface area contributed by atoms with Crippen LogP contribution in [-0.4, -0.2) is 25.3 Å². The van der Waals surface area contributed by atoms with E-state index in [1.165, 1.54) is 11.1 Å². The topological polar surface area (TPSA) is 49.0 Å². The van der Waals surface area contributed by atoms with Crippen molar-refractivity contribution in [3.63, 3.8) is 0 Å². The Bertz CT molecular complexity index is 585. The zero-order valence-corrected chi connectivity index (χ0v) is 18.7. The highest BCUT2D eigenvalue weighted by molar-refractivity contribution is 5.25. The summed E-state index contributed by atoms with van der Waals surface area (Å²) in [7, 11) is 0. The minimum atomic E-state index is 0.0263. The SMILES string of the molecule is CC.CC.Cc1ccc(COOC2CNC(COOc3ccc(C)cc3)C2)cc1. The first-order chi connectivity index (χ1) is 14.2. The summed E-state index contributed by atoms with van der Waals surface area (Å²) in [5, 5.41) is 3.35. The molecule has 0 radical (unpaired) electrons. The molecule has 2 unspecified atom stereocenters. The van der Waals surface area contributed by atoms with Crippen LogP contribution in [0.2, 0.25) is 0 Å². The van der Waals surface area contributed by atoms with Gasteiger partial charge >= 0.3 is 0 Å². The molecule has 5 nitrogen and oxygen atoms in total. The largest absolute Gasteiger partial charge is 0.338 e. The molecule has 0 saturated carbocycles. The molecule has 2 aromatic carbocycles. The Balaban J connectivity index is 0.000000989. The maximum Gasteiger partial charge on any atom is 0.165 e. The highest BCUT2D eigenvalue weighted by atomic mass is 17.2. The lowest BCUT2D eigenvalue weighted by Gasteiger charge is -2.11. The van der Waals surface area contributed by atoms with Crippen LogP contribution in [0.1, 0.15) is 50.8 Å². The predicted molar refractivity (Wildman–Crippen MR) is 118 cm³/mol. The first kappa shape index (κ1) is 25.1. The van der Waals surface area contributed by atoms with Crippen LogP contribution in [0.3, 0.4) is 0 Å². The molecular formula is C24H37NO4. The van der Waals surface area contributed by atoms with Crippen LogP contribution in [0.5, 0.6) is 5.75 Å². The summed E-state index contributed by atoms with van der Waals surface area (Å²) in [4.78, 5) is 21.5. The summed E-state index contributed by atoms with van der Waals surface area (Å²) in [6, 6.07) is 16.2. The molecule has 1 N–H and O–H groups in total. The van der Waals surface area contributed by atoms with Crippen molar-refractivity contribution in [3.05, 3.63) is 65.2 Å². The van der Waals surface area contributed by atoms with Crippen LogP contribution in [0.25, 0.3) is 0 Å². The van der Waals surface area contributed by atoms with Crippen molar-refractivity contribution in [1.29, 1.82) is 0 Å². The van der Waals surface area contributed by atoms with Crippen LogP contribution in [-0.2, 0) is 21.3 Å². The Morgan fingerprint density at radius 2 is 1.41 bits per heavy atom. The van der Waals surface area contributed by atoms with Gasteiger partial charge in [-0.2, -0.15) is 4.89 Å². The molecule has 0 bridgehead atoms. The van der Waals surface area contributed by atoms with Crippen LogP contribution < -0.4 is 10.2 Å². The molecule has 3 rings (SSSR count). The van der Waals surface area contributed by atoms with E-state index in [9.17, 15) is 0 Å². The van der Waals surface area contributed by atoms with Gasteiger partial charge in [0.1, 0.15) is 19.3 Å². The standard InChI is InChI=1S/C20H25NO4.2C2H6/c1-15-3-7-17(8-4-15)13-22-25-20-11-18(21-12-20)14-23-24-19-9-5-16(2)6-10-19;2*1-2/h3-10,18,20-21H,11-14H2,1-2H3;2*1-2H3. The molecule has 5 heteroatoms. The maximum atomic E-state index is 5.49. The number of rotatable bonds is 8. The average molecular weight is 404 g/mol. The van der Waals surface area contributed by atoms with Gasteiger partial charge in [-0.3, -0.25) is 0 Å². The number of aryl methyl sites for hydroxylation is 2. The molecule has 29 heavy (non-hydrogen) atoms. The Morgan fingerprint density at radius 1 is 0.828 bits per heavy atom. The molecule has 1 fully saturated rings. The van der Waals surface area contributed by atoms with Crippen molar-refractivity contribution >= 4 is 0 Å². The summed E-state index contributed by atoms with van der Waals surface area (Å²) in [5.74, 6) is 0.706. The second-order valence-electron chi connectivity index (χ2n) is 6.49. The van der Waals surface area contributed by atoms with E-state index in [1.54, 1.807) is 0 Å². The smallest absolute Gasteiger partial charge is 0.165 e. The van der Waals surface area contributed by atoms with Crippen molar-refractivity contribution in [2.24, 2.45) is 0 Å². The summed E-state index contributed by atoms with van der Waals surface area (Å²) in [5.41, 5.74) is 3.53. The Morgan fingerprint density at radius 3 is 2.03 bits per heavy atom. The van der Waals surface area contributed by atoms with E-state index in [0.717, 1.165) is 18.5 Å². The van der Waals surface area contributed by atoms with Gasteiger partial charge in [-0.1, -0.05) is 75.2 Å². The van der Waals surface area contributed by atoms with Gasteiger partial charge in [0.05, 0.1) is 0 Å². The molecule has 0 aromatic heterocycles. The van der Waals surface area contributed by atoms with E-state index in [4.69, 9.17) is 19.6 Å². The quantitative estimate of drug-likeness (QED) is 0.463. The summed E-state index contributed by atoms with van der Waals surface area (Å²) in [6.45, 7) is 13.8. The molecule has 1 saturated heterocycles. The normalized spacial score (nSPS) is 17.6. The van der Waals surface area contributed by atoms with Crippen molar-refractivity contribution in [1.82, 2.24) is 5.32 Å². The molecule has 162 valence electrons. The first-order valence-corrected chi connectivity index (χ1v) is 10.6. The van der Waals surface area contributed by atoms with Crippen LogP contribution in [0.4, 0.5) is 0 Å². The van der Waals surface area contributed by atoms with Crippen molar-refractivity contribution < 1.29 is 19.6 Å². The third-order valence-corrected chi connectivity index (χ3v) is 4.18. The van der Waals surface area contributed by atoms with Gasteiger partial charge in [0.25, 0.3) is 0 Å². The lowest BCUT2D eigenvalue weighted by Crippen LogP contribution is -2.27. The van der Waals surface area contributed by atoms with Gasteiger partial charge in [0.2, 0.25) is 0 Å². The number of hydrogen-bond acceptors (Lipinski definition) is 5. The van der Waals surface area contributed by atoms with E-state index >= 15 is 0 Å². The molecule has 1 aliphatic heterocycles. The van der Waals surface area contributed by atoms with Crippen LogP contribution in [0.15, 0.2) is 48.5 Å². The van der Waals surface area contributed by atoms with Gasteiger partial charge in [-0.25, -0.2) is 9.78 Å². The van der Waals surface area contributed by atoms with E-state index < -0.39 is 0 Å². The lowest BCUT2D eigenvalue weighted by atomic mass is 10.2. The van der Waals surface area contributed by atoms with Gasteiger partial charge in [-0.15, -0.1) is 0 Å². The molecular weight excluding hydrogens is 366 g/mol. The lowest BCUT2D eigenvalue weighted by molar-refractivity contribution is -0.329.